The number of aryl methyl sites for hydroxylation is 1. The summed E-state index contributed by atoms with van der Waals surface area (Å²) in [6, 6.07) is 13.3. The lowest BCUT2D eigenvalue weighted by Gasteiger charge is -2.22. The number of rotatable bonds is 7. The van der Waals surface area contributed by atoms with Crippen LogP contribution < -0.4 is 14.4 Å². The summed E-state index contributed by atoms with van der Waals surface area (Å²) in [6.07, 6.45) is 3.18. The van der Waals surface area contributed by atoms with Crippen LogP contribution in [-0.2, 0) is 9.59 Å². The topological polar surface area (TPSA) is 102 Å². The van der Waals surface area contributed by atoms with E-state index in [-0.39, 0.29) is 17.4 Å². The Balaban J connectivity index is 1.64. The summed E-state index contributed by atoms with van der Waals surface area (Å²) in [6.45, 7) is 8.16. The Kier molecular flexibility index (Phi) is 6.86. The maximum Gasteiger partial charge on any atom is 0.301 e. The number of ether oxygens (including phenoxy) is 2. The highest BCUT2D eigenvalue weighted by atomic mass is 32.1. The van der Waals surface area contributed by atoms with E-state index in [2.05, 4.69) is 9.97 Å². The Morgan fingerprint density at radius 1 is 1.16 bits per heavy atom. The van der Waals surface area contributed by atoms with E-state index in [9.17, 15) is 14.7 Å². The molecule has 194 valence electrons. The Morgan fingerprint density at radius 3 is 2.66 bits per heavy atom. The molecule has 8 nitrogen and oxygen atoms in total. The zero-order chi connectivity index (χ0) is 27.0. The van der Waals surface area contributed by atoms with E-state index in [0.29, 0.717) is 39.9 Å². The zero-order valence-electron chi connectivity index (χ0n) is 21.5. The highest BCUT2D eigenvalue weighted by molar-refractivity contribution is 7.22. The first-order valence-electron chi connectivity index (χ1n) is 12.3. The van der Waals surface area contributed by atoms with Crippen LogP contribution in [0, 0.1) is 6.92 Å². The number of hydrogen-bond donors (Lipinski definition) is 1. The number of aromatic nitrogens is 2. The van der Waals surface area contributed by atoms with Crippen LogP contribution in [0.15, 0.2) is 66.5 Å². The van der Waals surface area contributed by atoms with Gasteiger partial charge in [-0.2, -0.15) is 0 Å². The van der Waals surface area contributed by atoms with Gasteiger partial charge in [0.1, 0.15) is 17.3 Å². The standard InChI is InChI=1S/C29H27N3O5S/c1-5-36-20-9-10-21-23(14-20)38-29(31-21)32-25(19-7-6-12-30-15-19)24(27(34)28(32)35)26(33)18-8-11-22(17(4)13-18)37-16(2)3/h6-16,25,33H,5H2,1-4H3/b26-24+. The van der Waals surface area contributed by atoms with Gasteiger partial charge in [0.2, 0.25) is 0 Å². The highest BCUT2D eigenvalue weighted by Crippen LogP contribution is 2.44. The summed E-state index contributed by atoms with van der Waals surface area (Å²) in [5.74, 6) is -0.437. The summed E-state index contributed by atoms with van der Waals surface area (Å²) >= 11 is 1.28. The maximum absolute atomic E-state index is 13.5. The zero-order valence-corrected chi connectivity index (χ0v) is 22.3. The van der Waals surface area contributed by atoms with Crippen molar-refractivity contribution in [2.24, 2.45) is 0 Å². The van der Waals surface area contributed by atoms with E-state index in [1.807, 2.05) is 45.9 Å². The Hall–Kier alpha value is -4.24. The van der Waals surface area contributed by atoms with E-state index >= 15 is 0 Å². The molecule has 1 N–H and O–H groups in total. The molecule has 1 saturated heterocycles. The smallest absolute Gasteiger partial charge is 0.301 e. The summed E-state index contributed by atoms with van der Waals surface area (Å²) in [7, 11) is 0. The van der Waals surface area contributed by atoms with Gasteiger partial charge in [-0.15, -0.1) is 0 Å². The van der Waals surface area contributed by atoms with E-state index in [0.717, 1.165) is 10.3 Å². The minimum Gasteiger partial charge on any atom is -0.507 e. The van der Waals surface area contributed by atoms with Crippen LogP contribution in [0.5, 0.6) is 11.5 Å². The molecule has 0 spiro atoms. The predicted molar refractivity (Wildman–Crippen MR) is 147 cm³/mol. The average Bonchev–Trinajstić information content (AvgIpc) is 3.43. The fourth-order valence-electron chi connectivity index (χ4n) is 4.47. The summed E-state index contributed by atoms with van der Waals surface area (Å²) < 4.78 is 12.2. The molecule has 1 aliphatic heterocycles. The predicted octanol–water partition coefficient (Wildman–Crippen LogP) is 5.81. The van der Waals surface area contributed by atoms with Gasteiger partial charge >= 0.3 is 5.91 Å². The molecule has 5 rings (SSSR count). The number of anilines is 1. The Labute approximate surface area is 224 Å². The maximum atomic E-state index is 13.5. The van der Waals surface area contributed by atoms with Crippen molar-refractivity contribution in [2.45, 2.75) is 39.8 Å². The van der Waals surface area contributed by atoms with Crippen molar-refractivity contribution < 1.29 is 24.2 Å². The summed E-state index contributed by atoms with van der Waals surface area (Å²) in [4.78, 5) is 37.1. The second-order valence-electron chi connectivity index (χ2n) is 9.16. The molecule has 1 aliphatic rings. The van der Waals surface area contributed by atoms with Crippen molar-refractivity contribution >= 4 is 44.1 Å². The fourth-order valence-corrected chi connectivity index (χ4v) is 5.49. The Bertz CT molecular complexity index is 1560. The molecule has 2 aromatic heterocycles. The molecule has 38 heavy (non-hydrogen) atoms. The molecule has 9 heteroatoms. The number of carbonyl (C=O) groups excluding carboxylic acids is 2. The average molecular weight is 530 g/mol. The van der Waals surface area contributed by atoms with E-state index < -0.39 is 17.7 Å². The van der Waals surface area contributed by atoms with Crippen molar-refractivity contribution in [3.05, 3.63) is 83.2 Å². The number of amides is 1. The normalized spacial score (nSPS) is 17.0. The monoisotopic (exact) mass is 529 g/mol. The van der Waals surface area contributed by atoms with E-state index in [1.165, 1.54) is 16.2 Å². The lowest BCUT2D eigenvalue weighted by molar-refractivity contribution is -0.132. The van der Waals surface area contributed by atoms with Gasteiger partial charge in [0.25, 0.3) is 5.78 Å². The van der Waals surface area contributed by atoms with Gasteiger partial charge in [-0.05, 0) is 81.3 Å². The van der Waals surface area contributed by atoms with Crippen LogP contribution in [0.3, 0.4) is 0 Å². The summed E-state index contributed by atoms with van der Waals surface area (Å²) in [5, 5.41) is 11.8. The van der Waals surface area contributed by atoms with Crippen LogP contribution in [0.2, 0.25) is 0 Å². The second kappa shape index (κ2) is 10.3. The molecule has 0 bridgehead atoms. The minimum atomic E-state index is -0.900. The van der Waals surface area contributed by atoms with Gasteiger partial charge in [-0.3, -0.25) is 19.5 Å². The fraction of sp³-hybridized carbons (Fsp3) is 0.241. The van der Waals surface area contributed by atoms with Crippen LogP contribution in [0.1, 0.15) is 43.5 Å². The van der Waals surface area contributed by atoms with E-state index in [1.54, 1.807) is 42.7 Å². The molecule has 1 unspecified atom stereocenters. The second-order valence-corrected chi connectivity index (χ2v) is 10.2. The number of ketones is 1. The number of carbonyl (C=O) groups is 2. The van der Waals surface area contributed by atoms with Gasteiger partial charge in [-0.25, -0.2) is 4.98 Å². The number of pyridine rings is 1. The first kappa shape index (κ1) is 25.4. The van der Waals surface area contributed by atoms with Crippen molar-refractivity contribution in [1.82, 2.24) is 9.97 Å². The number of hydrogen-bond acceptors (Lipinski definition) is 8. The Morgan fingerprint density at radius 2 is 1.97 bits per heavy atom. The number of thiazole rings is 1. The van der Waals surface area contributed by atoms with Crippen LogP contribution in [0.25, 0.3) is 16.0 Å². The largest absolute Gasteiger partial charge is 0.507 e. The number of aliphatic hydroxyl groups is 1. The molecular formula is C29H27N3O5S. The molecule has 2 aromatic carbocycles. The first-order valence-corrected chi connectivity index (χ1v) is 13.1. The summed E-state index contributed by atoms with van der Waals surface area (Å²) in [5.41, 5.74) is 2.45. The molecule has 0 saturated carbocycles. The van der Waals surface area contributed by atoms with Gasteiger partial charge in [0.15, 0.2) is 5.13 Å². The number of nitrogens with zero attached hydrogens (tertiary/aromatic N) is 3. The van der Waals surface area contributed by atoms with Gasteiger partial charge in [-0.1, -0.05) is 17.4 Å². The lowest BCUT2D eigenvalue weighted by atomic mass is 9.96. The number of benzene rings is 2. The molecule has 0 aliphatic carbocycles. The van der Waals surface area contributed by atoms with Crippen molar-refractivity contribution in [1.29, 1.82) is 0 Å². The molecule has 3 heterocycles. The minimum absolute atomic E-state index is 0.0116. The third-order valence-electron chi connectivity index (χ3n) is 6.12. The van der Waals surface area contributed by atoms with Crippen LogP contribution in [0.4, 0.5) is 5.13 Å². The number of fused-ring (bicyclic) bond motifs is 1. The highest BCUT2D eigenvalue weighted by Gasteiger charge is 2.48. The van der Waals surface area contributed by atoms with Crippen molar-refractivity contribution in [3.8, 4) is 11.5 Å². The quantitative estimate of drug-likeness (QED) is 0.183. The van der Waals surface area contributed by atoms with Crippen molar-refractivity contribution in [3.63, 3.8) is 0 Å². The van der Waals surface area contributed by atoms with Gasteiger partial charge < -0.3 is 14.6 Å². The number of aliphatic hydroxyl groups excluding tert-OH is 1. The SMILES string of the molecule is CCOc1ccc2nc(N3C(=O)C(=O)/C(=C(/O)c4ccc(OC(C)C)c(C)c4)C3c3cccnc3)sc2c1. The third kappa shape index (κ3) is 4.61. The van der Waals surface area contributed by atoms with Crippen molar-refractivity contribution in [2.75, 3.05) is 11.5 Å². The molecule has 1 amide bonds. The van der Waals surface area contributed by atoms with Gasteiger partial charge in [0.05, 0.1) is 34.5 Å². The molecule has 4 aromatic rings. The molecule has 1 fully saturated rings. The van der Waals surface area contributed by atoms with E-state index in [4.69, 9.17) is 9.47 Å². The first-order chi connectivity index (χ1) is 18.3. The third-order valence-corrected chi connectivity index (χ3v) is 7.14. The lowest BCUT2D eigenvalue weighted by Crippen LogP contribution is -2.29. The number of Topliss-reactive ketones (excluding diaryl/α,β-unsaturated/α-hetero) is 1. The van der Waals surface area contributed by atoms with Crippen LogP contribution >= 0.6 is 11.3 Å². The molecule has 1 atom stereocenters. The van der Waals surface area contributed by atoms with Gasteiger partial charge in [0, 0.05) is 18.0 Å². The van der Waals surface area contributed by atoms with Crippen LogP contribution in [-0.4, -0.2) is 39.5 Å². The molecular weight excluding hydrogens is 502 g/mol. The molecule has 0 radical (unpaired) electrons.